The molecule has 0 saturated heterocycles. The topological polar surface area (TPSA) is 84.3 Å². The Balaban J connectivity index is 3.26. The molecular formula is C10H12BrNO4S. The van der Waals surface area contributed by atoms with E-state index < -0.39 is 21.5 Å². The molecule has 0 aliphatic carbocycles. The van der Waals surface area contributed by atoms with E-state index in [2.05, 4.69) is 20.9 Å². The van der Waals surface area contributed by atoms with Crippen LogP contribution in [0.4, 0.5) is 0 Å². The van der Waals surface area contributed by atoms with Crippen LogP contribution in [0.3, 0.4) is 0 Å². The fourth-order valence-electron chi connectivity index (χ4n) is 1.27. The Labute approximate surface area is 108 Å². The van der Waals surface area contributed by atoms with Crippen LogP contribution in [0, 0.1) is 0 Å². The molecule has 0 fully saturated rings. The van der Waals surface area contributed by atoms with Gasteiger partial charge in [0.1, 0.15) is 9.50 Å². The summed E-state index contributed by atoms with van der Waals surface area (Å²) >= 11 is 3.01. The van der Waals surface area contributed by atoms with E-state index in [9.17, 15) is 13.2 Å². The molecule has 0 radical (unpaired) electrons. The van der Waals surface area contributed by atoms with Crippen LogP contribution in [0.15, 0.2) is 21.6 Å². The maximum atomic E-state index is 11.9. The molecule has 1 aromatic rings. The maximum Gasteiger partial charge on any atom is 0.355 e. The summed E-state index contributed by atoms with van der Waals surface area (Å²) in [5.41, 5.74) is -0.435. The van der Waals surface area contributed by atoms with Gasteiger partial charge < -0.3 is 5.11 Å². The zero-order chi connectivity index (χ0) is 13.1. The molecule has 1 N–H and O–H groups in total. The quantitative estimate of drug-likeness (QED) is 0.839. The summed E-state index contributed by atoms with van der Waals surface area (Å²) in [6.45, 7) is 1.87. The van der Waals surface area contributed by atoms with Gasteiger partial charge in [0.2, 0.25) is 0 Å². The molecule has 0 aliphatic rings. The highest BCUT2D eigenvalue weighted by Gasteiger charge is 2.23. The van der Waals surface area contributed by atoms with Gasteiger partial charge in [0.25, 0.3) is 0 Å². The first kappa shape index (κ1) is 14.1. The first-order valence-electron chi connectivity index (χ1n) is 5.01. The second kappa shape index (κ2) is 5.59. The van der Waals surface area contributed by atoms with E-state index in [0.717, 1.165) is 6.42 Å². The molecule has 0 aliphatic heterocycles. The van der Waals surface area contributed by atoms with E-state index in [1.54, 1.807) is 0 Å². The van der Waals surface area contributed by atoms with Gasteiger partial charge in [-0.25, -0.2) is 18.2 Å². The van der Waals surface area contributed by atoms with Gasteiger partial charge >= 0.3 is 5.97 Å². The number of sulfone groups is 1. The molecule has 0 spiro atoms. The predicted molar refractivity (Wildman–Crippen MR) is 65.9 cm³/mol. The number of carboxylic acid groups (broad SMARTS) is 1. The van der Waals surface area contributed by atoms with Crippen molar-refractivity contribution in [3.05, 3.63) is 22.4 Å². The Morgan fingerprint density at radius 3 is 2.65 bits per heavy atom. The largest absolute Gasteiger partial charge is 0.476 e. The second-order valence-corrected chi connectivity index (χ2v) is 6.35. The monoisotopic (exact) mass is 321 g/mol. The molecule has 0 atom stereocenters. The molecule has 0 aromatic carbocycles. The number of carboxylic acids is 1. The van der Waals surface area contributed by atoms with Crippen LogP contribution in [0.25, 0.3) is 0 Å². The highest BCUT2D eigenvalue weighted by atomic mass is 79.9. The summed E-state index contributed by atoms with van der Waals surface area (Å²) in [6.07, 6.45) is 1.23. The van der Waals surface area contributed by atoms with Crippen molar-refractivity contribution in [2.24, 2.45) is 0 Å². The average molecular weight is 322 g/mol. The number of hydrogen-bond donors (Lipinski definition) is 1. The minimum atomic E-state index is -3.58. The first-order chi connectivity index (χ1) is 7.88. The Hall–Kier alpha value is -0.950. The van der Waals surface area contributed by atoms with Gasteiger partial charge in [-0.15, -0.1) is 0 Å². The number of rotatable bonds is 5. The van der Waals surface area contributed by atoms with Crippen molar-refractivity contribution in [3.8, 4) is 0 Å². The molecule has 1 aromatic heterocycles. The van der Waals surface area contributed by atoms with Crippen molar-refractivity contribution < 1.29 is 18.3 Å². The third-order valence-electron chi connectivity index (χ3n) is 2.13. The third-order valence-corrected chi connectivity index (χ3v) is 4.40. The Bertz CT molecular complexity index is 527. The fraction of sp³-hybridized carbons (Fsp3) is 0.400. The number of aromatic nitrogens is 1. The Morgan fingerprint density at radius 1 is 1.47 bits per heavy atom. The third kappa shape index (κ3) is 3.50. The van der Waals surface area contributed by atoms with E-state index in [1.165, 1.54) is 12.1 Å². The smallest absolute Gasteiger partial charge is 0.355 e. The van der Waals surface area contributed by atoms with Gasteiger partial charge in [0.15, 0.2) is 15.5 Å². The van der Waals surface area contributed by atoms with Gasteiger partial charge in [-0.1, -0.05) is 13.3 Å². The van der Waals surface area contributed by atoms with Crippen molar-refractivity contribution in [3.63, 3.8) is 0 Å². The normalized spacial score (nSPS) is 11.4. The maximum absolute atomic E-state index is 11.9. The summed E-state index contributed by atoms with van der Waals surface area (Å²) in [7, 11) is -3.58. The van der Waals surface area contributed by atoms with E-state index in [1.807, 2.05) is 6.92 Å². The number of carbonyl (C=O) groups is 1. The van der Waals surface area contributed by atoms with Crippen LogP contribution < -0.4 is 0 Å². The molecule has 0 bridgehead atoms. The molecular weight excluding hydrogens is 310 g/mol. The molecule has 0 unspecified atom stereocenters. The molecule has 5 nitrogen and oxygen atoms in total. The molecule has 1 heterocycles. The average Bonchev–Trinajstić information content (AvgIpc) is 2.26. The lowest BCUT2D eigenvalue weighted by Crippen LogP contribution is -2.14. The molecule has 0 saturated carbocycles. The number of unbranched alkanes of at least 4 members (excludes halogenated alkanes) is 1. The SMILES string of the molecule is CCCCS(=O)(=O)c1ccc(Br)nc1C(=O)O. The summed E-state index contributed by atoms with van der Waals surface area (Å²) < 4.78 is 24.1. The van der Waals surface area contributed by atoms with Gasteiger partial charge in [-0.05, 0) is 34.5 Å². The van der Waals surface area contributed by atoms with Crippen molar-refractivity contribution in [1.29, 1.82) is 0 Å². The number of aromatic carboxylic acids is 1. The van der Waals surface area contributed by atoms with Gasteiger partial charge in [0, 0.05) is 0 Å². The highest BCUT2D eigenvalue weighted by Crippen LogP contribution is 2.19. The van der Waals surface area contributed by atoms with E-state index >= 15 is 0 Å². The lowest BCUT2D eigenvalue weighted by Gasteiger charge is -2.06. The predicted octanol–water partition coefficient (Wildman–Crippen LogP) is 2.12. The fourth-order valence-corrected chi connectivity index (χ4v) is 3.17. The number of pyridine rings is 1. The summed E-state index contributed by atoms with van der Waals surface area (Å²) in [4.78, 5) is 14.4. The zero-order valence-electron chi connectivity index (χ0n) is 9.18. The number of halogens is 1. The molecule has 0 amide bonds. The van der Waals surface area contributed by atoms with Gasteiger partial charge in [-0.3, -0.25) is 0 Å². The molecule has 94 valence electrons. The van der Waals surface area contributed by atoms with Gasteiger partial charge in [0.05, 0.1) is 5.75 Å². The van der Waals surface area contributed by atoms with Crippen molar-refractivity contribution in [2.75, 3.05) is 5.75 Å². The minimum absolute atomic E-state index is 0.0624. The molecule has 1 rings (SSSR count). The molecule has 17 heavy (non-hydrogen) atoms. The van der Waals surface area contributed by atoms with Crippen LogP contribution in [-0.4, -0.2) is 30.2 Å². The summed E-state index contributed by atoms with van der Waals surface area (Å²) in [5.74, 6) is -1.41. The lowest BCUT2D eigenvalue weighted by atomic mass is 10.3. The second-order valence-electron chi connectivity index (χ2n) is 3.46. The summed E-state index contributed by atoms with van der Waals surface area (Å²) in [5, 5.41) is 8.93. The molecule has 7 heteroatoms. The first-order valence-corrected chi connectivity index (χ1v) is 7.45. The number of nitrogens with zero attached hydrogens (tertiary/aromatic N) is 1. The van der Waals surface area contributed by atoms with Crippen LogP contribution in [0.2, 0.25) is 0 Å². The van der Waals surface area contributed by atoms with Crippen molar-refractivity contribution in [1.82, 2.24) is 4.98 Å². The minimum Gasteiger partial charge on any atom is -0.476 e. The standard InChI is InChI=1S/C10H12BrNO4S/c1-2-3-6-17(15,16)7-4-5-8(11)12-9(7)10(13)14/h4-5H,2-3,6H2,1H3,(H,13,14). The zero-order valence-corrected chi connectivity index (χ0v) is 11.6. The van der Waals surface area contributed by atoms with E-state index in [0.29, 0.717) is 11.0 Å². The van der Waals surface area contributed by atoms with Crippen LogP contribution in [0.5, 0.6) is 0 Å². The van der Waals surface area contributed by atoms with E-state index in [-0.39, 0.29) is 10.6 Å². The highest BCUT2D eigenvalue weighted by molar-refractivity contribution is 9.10. The van der Waals surface area contributed by atoms with Crippen molar-refractivity contribution in [2.45, 2.75) is 24.7 Å². The van der Waals surface area contributed by atoms with Crippen LogP contribution in [0.1, 0.15) is 30.3 Å². The number of hydrogen-bond acceptors (Lipinski definition) is 4. The lowest BCUT2D eigenvalue weighted by molar-refractivity contribution is 0.0685. The van der Waals surface area contributed by atoms with Crippen LogP contribution >= 0.6 is 15.9 Å². The Kier molecular flexibility index (Phi) is 4.64. The van der Waals surface area contributed by atoms with Crippen molar-refractivity contribution >= 4 is 31.7 Å². The van der Waals surface area contributed by atoms with Crippen LogP contribution in [-0.2, 0) is 9.84 Å². The Morgan fingerprint density at radius 2 is 2.12 bits per heavy atom. The summed E-state index contributed by atoms with van der Waals surface area (Å²) in [6, 6.07) is 2.69. The van der Waals surface area contributed by atoms with E-state index in [4.69, 9.17) is 5.11 Å². The van der Waals surface area contributed by atoms with Gasteiger partial charge in [-0.2, -0.15) is 0 Å².